The first-order valence-electron chi connectivity index (χ1n) is 6.80. The Hall–Kier alpha value is -2.28. The minimum absolute atomic E-state index is 0.149. The number of rotatable bonds is 6. The molecule has 0 aliphatic carbocycles. The molecular formula is C15H22N2O5. The maximum Gasteiger partial charge on any atom is 0.422 e. The molecule has 0 saturated carbocycles. The van der Waals surface area contributed by atoms with Crippen LogP contribution in [-0.2, 0) is 20.8 Å². The summed E-state index contributed by atoms with van der Waals surface area (Å²) in [5, 5.41) is 0. The predicted molar refractivity (Wildman–Crippen MR) is 80.2 cm³/mol. The van der Waals surface area contributed by atoms with Crippen molar-refractivity contribution in [3.05, 3.63) is 29.8 Å². The topological polar surface area (TPSA) is 85.9 Å². The average molecular weight is 310 g/mol. The summed E-state index contributed by atoms with van der Waals surface area (Å²) in [4.78, 5) is 22.5. The highest BCUT2D eigenvalue weighted by atomic mass is 16.6. The Morgan fingerprint density at radius 2 is 1.95 bits per heavy atom. The zero-order valence-corrected chi connectivity index (χ0v) is 13.3. The number of amides is 1. The molecule has 1 aromatic carbocycles. The van der Waals surface area contributed by atoms with E-state index >= 15 is 0 Å². The van der Waals surface area contributed by atoms with Gasteiger partial charge in [-0.1, -0.05) is 12.1 Å². The quantitative estimate of drug-likeness (QED) is 0.615. The second kappa shape index (κ2) is 8.23. The van der Waals surface area contributed by atoms with Crippen LogP contribution >= 0.6 is 0 Å². The molecule has 122 valence electrons. The second-order valence-corrected chi connectivity index (χ2v) is 5.49. The van der Waals surface area contributed by atoms with Crippen molar-refractivity contribution in [3.8, 4) is 5.75 Å². The van der Waals surface area contributed by atoms with Gasteiger partial charge in [0.15, 0.2) is 6.61 Å². The van der Waals surface area contributed by atoms with Gasteiger partial charge in [-0.3, -0.25) is 5.43 Å². The minimum Gasteiger partial charge on any atom is -0.482 e. The number of hydrogen-bond donors (Lipinski definition) is 2. The third-order valence-corrected chi connectivity index (χ3v) is 2.36. The van der Waals surface area contributed by atoms with E-state index in [4.69, 9.17) is 9.47 Å². The summed E-state index contributed by atoms with van der Waals surface area (Å²) < 4.78 is 14.9. The van der Waals surface area contributed by atoms with Gasteiger partial charge in [0.05, 0.1) is 7.11 Å². The standard InChI is InChI=1S/C15H22N2O5/c1-15(2,3)22-14(19)17-16-9-11-6-5-7-12(8-11)21-10-13(18)20-4/h5-8,16H,9-10H2,1-4H3,(H,17,19). The zero-order valence-electron chi connectivity index (χ0n) is 13.3. The molecule has 7 heteroatoms. The van der Waals surface area contributed by atoms with E-state index in [1.807, 2.05) is 6.07 Å². The van der Waals surface area contributed by atoms with Crippen LogP contribution in [0.4, 0.5) is 4.79 Å². The first-order valence-corrected chi connectivity index (χ1v) is 6.80. The third-order valence-electron chi connectivity index (χ3n) is 2.36. The Bertz CT molecular complexity index is 511. The smallest absolute Gasteiger partial charge is 0.422 e. The van der Waals surface area contributed by atoms with E-state index < -0.39 is 17.7 Å². The average Bonchev–Trinajstić information content (AvgIpc) is 2.43. The number of hydrazine groups is 1. The molecule has 0 heterocycles. The number of carbonyl (C=O) groups is 2. The molecule has 7 nitrogen and oxygen atoms in total. The molecule has 0 spiro atoms. The monoisotopic (exact) mass is 310 g/mol. The number of carbonyl (C=O) groups excluding carboxylic acids is 2. The summed E-state index contributed by atoms with van der Waals surface area (Å²) in [7, 11) is 1.30. The Kier molecular flexibility index (Phi) is 6.65. The normalized spacial score (nSPS) is 10.7. The lowest BCUT2D eigenvalue weighted by molar-refractivity contribution is -0.142. The molecule has 0 atom stereocenters. The SMILES string of the molecule is COC(=O)COc1cccc(CNNC(=O)OC(C)(C)C)c1. The van der Waals surface area contributed by atoms with E-state index in [0.717, 1.165) is 5.56 Å². The van der Waals surface area contributed by atoms with Gasteiger partial charge in [0.1, 0.15) is 11.4 Å². The summed E-state index contributed by atoms with van der Waals surface area (Å²) in [5.41, 5.74) is 5.52. The zero-order chi connectivity index (χ0) is 16.6. The fourth-order valence-corrected chi connectivity index (χ4v) is 1.47. The molecule has 0 unspecified atom stereocenters. The largest absolute Gasteiger partial charge is 0.482 e. The Morgan fingerprint density at radius 3 is 2.59 bits per heavy atom. The van der Waals surface area contributed by atoms with Crippen LogP contribution in [0.1, 0.15) is 26.3 Å². The minimum atomic E-state index is -0.550. The fraction of sp³-hybridized carbons (Fsp3) is 0.467. The molecule has 0 aliphatic rings. The molecule has 0 aromatic heterocycles. The Morgan fingerprint density at radius 1 is 1.23 bits per heavy atom. The van der Waals surface area contributed by atoms with Crippen LogP contribution in [0.5, 0.6) is 5.75 Å². The number of nitrogens with one attached hydrogen (secondary N) is 2. The lowest BCUT2D eigenvalue weighted by Crippen LogP contribution is -2.40. The van der Waals surface area contributed by atoms with E-state index in [1.54, 1.807) is 39.0 Å². The third kappa shape index (κ3) is 7.49. The van der Waals surface area contributed by atoms with Gasteiger partial charge < -0.3 is 14.2 Å². The number of ether oxygens (including phenoxy) is 3. The van der Waals surface area contributed by atoms with Crippen molar-refractivity contribution in [3.63, 3.8) is 0 Å². The summed E-state index contributed by atoms with van der Waals surface area (Å²) in [5.74, 6) is 0.0945. The summed E-state index contributed by atoms with van der Waals surface area (Å²) in [6.45, 7) is 5.59. The van der Waals surface area contributed by atoms with Gasteiger partial charge in [0.25, 0.3) is 0 Å². The molecule has 2 N–H and O–H groups in total. The van der Waals surface area contributed by atoms with Crippen LogP contribution in [0.25, 0.3) is 0 Å². The number of hydrogen-bond acceptors (Lipinski definition) is 6. The van der Waals surface area contributed by atoms with Crippen LogP contribution in [0.2, 0.25) is 0 Å². The van der Waals surface area contributed by atoms with Gasteiger partial charge >= 0.3 is 12.1 Å². The highest BCUT2D eigenvalue weighted by Crippen LogP contribution is 2.13. The van der Waals surface area contributed by atoms with Crippen molar-refractivity contribution in [1.29, 1.82) is 0 Å². The van der Waals surface area contributed by atoms with Crippen molar-refractivity contribution in [2.24, 2.45) is 0 Å². The van der Waals surface area contributed by atoms with Crippen LogP contribution in [0.3, 0.4) is 0 Å². The molecule has 0 saturated heterocycles. The summed E-state index contributed by atoms with van der Waals surface area (Å²) in [6, 6.07) is 7.13. The van der Waals surface area contributed by atoms with E-state index in [2.05, 4.69) is 15.6 Å². The lowest BCUT2D eigenvalue weighted by atomic mass is 10.2. The Balaban J connectivity index is 2.40. The number of methoxy groups -OCH3 is 1. The van der Waals surface area contributed by atoms with Crippen molar-refractivity contribution >= 4 is 12.1 Å². The Labute approximate surface area is 129 Å². The molecule has 1 rings (SSSR count). The van der Waals surface area contributed by atoms with Gasteiger partial charge in [-0.25, -0.2) is 15.0 Å². The fourth-order valence-electron chi connectivity index (χ4n) is 1.47. The maximum absolute atomic E-state index is 11.5. The van der Waals surface area contributed by atoms with Crippen LogP contribution < -0.4 is 15.6 Å². The predicted octanol–water partition coefficient (Wildman–Crippen LogP) is 1.77. The molecular weight excluding hydrogens is 288 g/mol. The highest BCUT2D eigenvalue weighted by Gasteiger charge is 2.15. The maximum atomic E-state index is 11.5. The molecule has 0 aliphatic heterocycles. The van der Waals surface area contributed by atoms with Gasteiger partial charge in [-0.15, -0.1) is 0 Å². The molecule has 0 bridgehead atoms. The molecule has 1 aromatic rings. The van der Waals surface area contributed by atoms with E-state index in [9.17, 15) is 9.59 Å². The summed E-state index contributed by atoms with van der Waals surface area (Å²) >= 11 is 0. The van der Waals surface area contributed by atoms with Crippen LogP contribution in [0, 0.1) is 0 Å². The van der Waals surface area contributed by atoms with Gasteiger partial charge in [-0.05, 0) is 38.5 Å². The van der Waals surface area contributed by atoms with Gasteiger partial charge in [-0.2, -0.15) is 0 Å². The van der Waals surface area contributed by atoms with E-state index in [0.29, 0.717) is 12.3 Å². The highest BCUT2D eigenvalue weighted by molar-refractivity contribution is 5.70. The van der Waals surface area contributed by atoms with Crippen molar-refractivity contribution in [1.82, 2.24) is 10.9 Å². The number of esters is 1. The van der Waals surface area contributed by atoms with E-state index in [-0.39, 0.29) is 6.61 Å². The second-order valence-electron chi connectivity index (χ2n) is 5.49. The first kappa shape index (κ1) is 17.8. The molecule has 0 fully saturated rings. The van der Waals surface area contributed by atoms with Crippen LogP contribution in [-0.4, -0.2) is 31.4 Å². The summed E-state index contributed by atoms with van der Waals surface area (Å²) in [6.07, 6.45) is -0.550. The van der Waals surface area contributed by atoms with Crippen molar-refractivity contribution in [2.45, 2.75) is 32.9 Å². The first-order chi connectivity index (χ1) is 10.3. The lowest BCUT2D eigenvalue weighted by Gasteiger charge is -2.19. The van der Waals surface area contributed by atoms with E-state index in [1.165, 1.54) is 7.11 Å². The van der Waals surface area contributed by atoms with Crippen molar-refractivity contribution in [2.75, 3.05) is 13.7 Å². The number of benzene rings is 1. The van der Waals surface area contributed by atoms with Crippen molar-refractivity contribution < 1.29 is 23.8 Å². The van der Waals surface area contributed by atoms with Gasteiger partial charge in [0, 0.05) is 6.54 Å². The molecule has 1 amide bonds. The van der Waals surface area contributed by atoms with Crippen LogP contribution in [0.15, 0.2) is 24.3 Å². The molecule has 0 radical (unpaired) electrons. The molecule has 22 heavy (non-hydrogen) atoms. The van der Waals surface area contributed by atoms with Gasteiger partial charge in [0.2, 0.25) is 0 Å².